The van der Waals surface area contributed by atoms with Crippen LogP contribution in [0.3, 0.4) is 0 Å². The van der Waals surface area contributed by atoms with E-state index < -0.39 is 0 Å². The number of hydrogen-bond donors (Lipinski definition) is 1. The molecule has 0 aliphatic rings. The lowest BCUT2D eigenvalue weighted by Crippen LogP contribution is -2.33. The summed E-state index contributed by atoms with van der Waals surface area (Å²) < 4.78 is 6.75. The highest BCUT2D eigenvalue weighted by Crippen LogP contribution is 2.15. The monoisotopic (exact) mass is 257 g/mol. The Morgan fingerprint density at radius 3 is 2.71 bits per heavy atom. The molecule has 1 aromatic rings. The number of nitrogens with two attached hydrogens (primary N) is 1. The van der Waals surface area contributed by atoms with Crippen LogP contribution >= 0.6 is 15.9 Å². The molecular weight excluding hydrogens is 242 g/mol. The molecular formula is C11H16BrNO. The van der Waals surface area contributed by atoms with Crippen molar-refractivity contribution in [3.8, 4) is 0 Å². The Kier molecular flexibility index (Phi) is 4.11. The fourth-order valence-electron chi connectivity index (χ4n) is 0.964. The first-order chi connectivity index (χ1) is 6.53. The Morgan fingerprint density at radius 1 is 1.43 bits per heavy atom. The molecule has 0 heterocycles. The lowest BCUT2D eigenvalue weighted by molar-refractivity contribution is -0.0222. The zero-order valence-corrected chi connectivity index (χ0v) is 10.2. The third-order valence-corrected chi connectivity index (χ3v) is 2.50. The van der Waals surface area contributed by atoms with Crippen molar-refractivity contribution in [2.45, 2.75) is 26.1 Å². The van der Waals surface area contributed by atoms with Gasteiger partial charge in [-0.25, -0.2) is 0 Å². The predicted octanol–water partition coefficient (Wildman–Crippen LogP) is 2.70. The minimum atomic E-state index is -0.248. The van der Waals surface area contributed by atoms with Gasteiger partial charge in [0.1, 0.15) is 0 Å². The molecule has 0 aromatic heterocycles. The second-order valence-corrected chi connectivity index (χ2v) is 4.80. The van der Waals surface area contributed by atoms with Crippen molar-refractivity contribution in [3.63, 3.8) is 0 Å². The third-order valence-electron chi connectivity index (χ3n) is 2.01. The van der Waals surface area contributed by atoms with E-state index in [0.717, 1.165) is 10.0 Å². The zero-order chi connectivity index (χ0) is 10.6. The van der Waals surface area contributed by atoms with Crippen molar-refractivity contribution >= 4 is 15.9 Å². The van der Waals surface area contributed by atoms with Crippen molar-refractivity contribution in [1.82, 2.24) is 0 Å². The van der Waals surface area contributed by atoms with Gasteiger partial charge in [0.05, 0.1) is 12.2 Å². The van der Waals surface area contributed by atoms with Crippen LogP contribution in [0.2, 0.25) is 0 Å². The summed E-state index contributed by atoms with van der Waals surface area (Å²) in [6.07, 6.45) is 0. The molecule has 2 nitrogen and oxygen atoms in total. The van der Waals surface area contributed by atoms with Gasteiger partial charge in [-0.3, -0.25) is 0 Å². The van der Waals surface area contributed by atoms with Crippen LogP contribution in [0.5, 0.6) is 0 Å². The molecule has 0 saturated carbocycles. The van der Waals surface area contributed by atoms with Crippen LogP contribution in [0.1, 0.15) is 19.4 Å². The summed E-state index contributed by atoms with van der Waals surface area (Å²) in [4.78, 5) is 0. The number of halogens is 1. The molecule has 78 valence electrons. The predicted molar refractivity (Wildman–Crippen MR) is 62.1 cm³/mol. The van der Waals surface area contributed by atoms with E-state index in [4.69, 9.17) is 10.5 Å². The van der Waals surface area contributed by atoms with Crippen LogP contribution < -0.4 is 5.73 Å². The van der Waals surface area contributed by atoms with Crippen molar-refractivity contribution < 1.29 is 4.74 Å². The van der Waals surface area contributed by atoms with Crippen LogP contribution in [0.25, 0.3) is 0 Å². The molecule has 0 saturated heterocycles. The van der Waals surface area contributed by atoms with Crippen LogP contribution in [-0.4, -0.2) is 12.1 Å². The largest absolute Gasteiger partial charge is 0.370 e. The Hall–Kier alpha value is -0.380. The lowest BCUT2D eigenvalue weighted by Gasteiger charge is -2.23. The average Bonchev–Trinajstić information content (AvgIpc) is 2.15. The standard InChI is InChI=1S/C11H16BrNO/c1-11(2,8-13)14-7-9-4-3-5-10(12)6-9/h3-6H,7-8,13H2,1-2H3. The van der Waals surface area contributed by atoms with E-state index in [9.17, 15) is 0 Å². The topological polar surface area (TPSA) is 35.2 Å². The van der Waals surface area contributed by atoms with Gasteiger partial charge < -0.3 is 10.5 Å². The van der Waals surface area contributed by atoms with E-state index in [1.807, 2.05) is 38.1 Å². The van der Waals surface area contributed by atoms with Crippen molar-refractivity contribution in [2.75, 3.05) is 6.54 Å². The SMILES string of the molecule is CC(C)(CN)OCc1cccc(Br)c1. The number of rotatable bonds is 4. The third kappa shape index (κ3) is 3.78. The molecule has 0 spiro atoms. The van der Waals surface area contributed by atoms with Crippen LogP contribution in [0.4, 0.5) is 0 Å². The van der Waals surface area contributed by atoms with Gasteiger partial charge in [0.2, 0.25) is 0 Å². The Morgan fingerprint density at radius 2 is 2.14 bits per heavy atom. The van der Waals surface area contributed by atoms with Gasteiger partial charge in [-0.15, -0.1) is 0 Å². The highest BCUT2D eigenvalue weighted by Gasteiger charge is 2.15. The van der Waals surface area contributed by atoms with Gasteiger partial charge in [-0.05, 0) is 31.5 Å². The first-order valence-electron chi connectivity index (χ1n) is 4.62. The normalized spacial score (nSPS) is 11.7. The van der Waals surface area contributed by atoms with Crippen molar-refractivity contribution in [3.05, 3.63) is 34.3 Å². The minimum Gasteiger partial charge on any atom is -0.370 e. The fraction of sp³-hybridized carbons (Fsp3) is 0.455. The second-order valence-electron chi connectivity index (χ2n) is 3.88. The molecule has 14 heavy (non-hydrogen) atoms. The van der Waals surface area contributed by atoms with Gasteiger partial charge in [0.25, 0.3) is 0 Å². The smallest absolute Gasteiger partial charge is 0.0752 e. The van der Waals surface area contributed by atoms with E-state index in [1.165, 1.54) is 0 Å². The molecule has 3 heteroatoms. The minimum absolute atomic E-state index is 0.248. The van der Waals surface area contributed by atoms with Gasteiger partial charge in [-0.2, -0.15) is 0 Å². The van der Waals surface area contributed by atoms with Gasteiger partial charge >= 0.3 is 0 Å². The molecule has 0 atom stereocenters. The fourth-order valence-corrected chi connectivity index (χ4v) is 1.41. The first kappa shape index (κ1) is 11.7. The maximum atomic E-state index is 5.67. The maximum Gasteiger partial charge on any atom is 0.0752 e. The van der Waals surface area contributed by atoms with E-state index in [1.54, 1.807) is 0 Å². The van der Waals surface area contributed by atoms with Crippen molar-refractivity contribution in [1.29, 1.82) is 0 Å². The first-order valence-corrected chi connectivity index (χ1v) is 5.41. The summed E-state index contributed by atoms with van der Waals surface area (Å²) >= 11 is 3.42. The Labute approximate surface area is 93.6 Å². The molecule has 1 rings (SSSR count). The van der Waals surface area contributed by atoms with E-state index in [2.05, 4.69) is 15.9 Å². The van der Waals surface area contributed by atoms with E-state index >= 15 is 0 Å². The lowest BCUT2D eigenvalue weighted by atomic mass is 10.1. The maximum absolute atomic E-state index is 5.67. The molecule has 0 unspecified atom stereocenters. The number of benzene rings is 1. The average molecular weight is 258 g/mol. The number of hydrogen-bond acceptors (Lipinski definition) is 2. The van der Waals surface area contributed by atoms with Crippen molar-refractivity contribution in [2.24, 2.45) is 5.73 Å². The summed E-state index contributed by atoms with van der Waals surface area (Å²) in [5.74, 6) is 0. The molecule has 1 aromatic carbocycles. The molecule has 0 radical (unpaired) electrons. The van der Waals surface area contributed by atoms with Crippen LogP contribution in [0.15, 0.2) is 28.7 Å². The molecule has 2 N–H and O–H groups in total. The number of ether oxygens (including phenoxy) is 1. The van der Waals surface area contributed by atoms with Gasteiger partial charge in [0.15, 0.2) is 0 Å². The second kappa shape index (κ2) is 4.91. The Bertz CT molecular complexity index is 299. The molecule has 0 aliphatic carbocycles. The highest BCUT2D eigenvalue weighted by atomic mass is 79.9. The molecule has 0 aliphatic heterocycles. The molecule has 0 amide bonds. The van der Waals surface area contributed by atoms with Gasteiger partial charge in [-0.1, -0.05) is 28.1 Å². The zero-order valence-electron chi connectivity index (χ0n) is 8.59. The van der Waals surface area contributed by atoms with E-state index in [-0.39, 0.29) is 5.60 Å². The highest BCUT2D eigenvalue weighted by molar-refractivity contribution is 9.10. The van der Waals surface area contributed by atoms with Crippen LogP contribution in [-0.2, 0) is 11.3 Å². The van der Waals surface area contributed by atoms with Crippen LogP contribution in [0, 0.1) is 0 Å². The summed E-state index contributed by atoms with van der Waals surface area (Å²) in [6.45, 7) is 5.11. The Balaban J connectivity index is 2.54. The van der Waals surface area contributed by atoms with E-state index in [0.29, 0.717) is 13.2 Å². The summed E-state index contributed by atoms with van der Waals surface area (Å²) in [6, 6.07) is 8.08. The van der Waals surface area contributed by atoms with Gasteiger partial charge in [0, 0.05) is 11.0 Å². The molecule has 0 fully saturated rings. The quantitative estimate of drug-likeness (QED) is 0.901. The summed E-state index contributed by atoms with van der Waals surface area (Å²) in [5.41, 5.74) is 6.47. The molecule has 0 bridgehead atoms. The summed E-state index contributed by atoms with van der Waals surface area (Å²) in [5, 5.41) is 0. The summed E-state index contributed by atoms with van der Waals surface area (Å²) in [7, 11) is 0.